The Bertz CT molecular complexity index is 930. The highest BCUT2D eigenvalue weighted by atomic mass is 35.5. The lowest BCUT2D eigenvalue weighted by atomic mass is 10.2. The Balaban J connectivity index is 1.51. The average Bonchev–Trinajstić information content (AvgIpc) is 2.77. The minimum Gasteiger partial charge on any atom is -0.494 e. The van der Waals surface area contributed by atoms with Gasteiger partial charge in [-0.15, -0.1) is 0 Å². The number of aromatic nitrogens is 2. The van der Waals surface area contributed by atoms with Crippen LogP contribution in [0.3, 0.4) is 0 Å². The number of hydrogen-bond acceptors (Lipinski definition) is 5. The van der Waals surface area contributed by atoms with Crippen LogP contribution in [0.5, 0.6) is 5.75 Å². The molecule has 156 valence electrons. The van der Waals surface area contributed by atoms with Gasteiger partial charge < -0.3 is 4.74 Å². The number of nitrogens with zero attached hydrogens (tertiary/aromatic N) is 3. The van der Waals surface area contributed by atoms with E-state index in [0.29, 0.717) is 16.8 Å². The Labute approximate surface area is 183 Å². The summed E-state index contributed by atoms with van der Waals surface area (Å²) in [4.78, 5) is 8.74. The third-order valence-electron chi connectivity index (χ3n) is 4.52. The molecule has 6 heteroatoms. The predicted octanol–water partition coefficient (Wildman–Crippen LogP) is 6.59. The smallest absolute Gasteiger partial charge is 0.163 e. The Morgan fingerprint density at radius 1 is 0.967 bits per heavy atom. The molecule has 0 saturated carbocycles. The van der Waals surface area contributed by atoms with E-state index in [1.807, 2.05) is 54.6 Å². The highest BCUT2D eigenvalue weighted by Gasteiger charge is 2.05. The summed E-state index contributed by atoms with van der Waals surface area (Å²) < 4.78 is 5.79. The third-order valence-corrected chi connectivity index (χ3v) is 4.71. The van der Waals surface area contributed by atoms with Crippen molar-refractivity contribution in [1.82, 2.24) is 9.97 Å². The Morgan fingerprint density at radius 2 is 1.73 bits per heavy atom. The van der Waals surface area contributed by atoms with E-state index in [0.717, 1.165) is 29.9 Å². The molecule has 0 bridgehead atoms. The van der Waals surface area contributed by atoms with E-state index in [-0.39, 0.29) is 0 Å². The van der Waals surface area contributed by atoms with Gasteiger partial charge in [0.15, 0.2) is 11.6 Å². The fraction of sp³-hybridized carbons (Fsp3) is 0.292. The second-order valence-electron chi connectivity index (χ2n) is 6.97. The first kappa shape index (κ1) is 21.8. The molecule has 0 radical (unpaired) electrons. The largest absolute Gasteiger partial charge is 0.494 e. The molecule has 3 aromatic rings. The van der Waals surface area contributed by atoms with E-state index in [1.54, 1.807) is 12.3 Å². The number of unbranched alkanes of at least 4 members (excludes halogenated alkanes) is 4. The molecule has 2 aromatic carbocycles. The van der Waals surface area contributed by atoms with E-state index >= 15 is 0 Å². The number of rotatable bonds is 11. The molecule has 0 fully saturated rings. The summed E-state index contributed by atoms with van der Waals surface area (Å²) in [6.07, 6.45) is 7.90. The van der Waals surface area contributed by atoms with Gasteiger partial charge >= 0.3 is 0 Å². The Morgan fingerprint density at radius 3 is 2.50 bits per heavy atom. The summed E-state index contributed by atoms with van der Waals surface area (Å²) in [5.74, 6) is 1.97. The molecule has 0 aliphatic carbocycles. The van der Waals surface area contributed by atoms with Gasteiger partial charge in [-0.05, 0) is 36.2 Å². The normalized spacial score (nSPS) is 11.0. The summed E-state index contributed by atoms with van der Waals surface area (Å²) in [6, 6.07) is 19.2. The van der Waals surface area contributed by atoms with Gasteiger partial charge in [-0.3, -0.25) is 5.43 Å². The fourth-order valence-electron chi connectivity index (χ4n) is 2.91. The lowest BCUT2D eigenvalue weighted by molar-refractivity contribution is 0.304. The monoisotopic (exact) mass is 422 g/mol. The van der Waals surface area contributed by atoms with Gasteiger partial charge in [0.1, 0.15) is 10.9 Å². The van der Waals surface area contributed by atoms with Crippen LogP contribution in [0.15, 0.2) is 65.8 Å². The molecular weight excluding hydrogens is 396 g/mol. The van der Waals surface area contributed by atoms with Gasteiger partial charge in [-0.25, -0.2) is 9.97 Å². The molecule has 1 heterocycles. The molecule has 0 spiro atoms. The summed E-state index contributed by atoms with van der Waals surface area (Å²) in [5, 5.41) is 4.62. The molecule has 5 nitrogen and oxygen atoms in total. The molecule has 0 amide bonds. The van der Waals surface area contributed by atoms with Gasteiger partial charge in [0.05, 0.1) is 12.8 Å². The fourth-order valence-corrected chi connectivity index (χ4v) is 3.09. The first-order valence-corrected chi connectivity index (χ1v) is 10.7. The molecule has 0 unspecified atom stereocenters. The lowest BCUT2D eigenvalue weighted by Crippen LogP contribution is -1.98. The minimum absolute atomic E-state index is 0.359. The third kappa shape index (κ3) is 7.16. The van der Waals surface area contributed by atoms with Crippen molar-refractivity contribution < 1.29 is 4.74 Å². The summed E-state index contributed by atoms with van der Waals surface area (Å²) >= 11 is 6.13. The van der Waals surface area contributed by atoms with Crippen molar-refractivity contribution >= 4 is 23.6 Å². The molecule has 0 aliphatic heterocycles. The molecule has 1 N–H and O–H groups in total. The van der Waals surface area contributed by atoms with Gasteiger partial charge in [0.25, 0.3) is 0 Å². The summed E-state index contributed by atoms with van der Waals surface area (Å²) in [7, 11) is 0. The summed E-state index contributed by atoms with van der Waals surface area (Å²) in [5.41, 5.74) is 4.78. The number of halogens is 1. The van der Waals surface area contributed by atoms with Crippen molar-refractivity contribution in [2.75, 3.05) is 12.0 Å². The standard InChI is InChI=1S/C24H27ClN4O/c1-2-3-4-5-9-16-30-21-14-12-19(13-15-21)18-26-29-23-17-22(25)27-24(28-23)20-10-7-6-8-11-20/h6-8,10-15,17-18H,2-5,9,16H2,1H3,(H,27,28,29)/b26-18+. The molecular formula is C24H27ClN4O. The molecule has 0 aliphatic rings. The van der Waals surface area contributed by atoms with Gasteiger partial charge in [0.2, 0.25) is 0 Å². The van der Waals surface area contributed by atoms with Gasteiger partial charge in [0, 0.05) is 11.6 Å². The minimum atomic E-state index is 0.359. The molecule has 3 rings (SSSR count). The maximum Gasteiger partial charge on any atom is 0.163 e. The van der Waals surface area contributed by atoms with E-state index in [2.05, 4.69) is 27.4 Å². The zero-order valence-electron chi connectivity index (χ0n) is 17.2. The van der Waals surface area contributed by atoms with E-state index < -0.39 is 0 Å². The van der Waals surface area contributed by atoms with Crippen molar-refractivity contribution in [3.05, 3.63) is 71.4 Å². The SMILES string of the molecule is CCCCCCCOc1ccc(/C=N/Nc2cc(Cl)nc(-c3ccccc3)n2)cc1. The Hall–Kier alpha value is -2.92. The Kier molecular flexibility index (Phi) is 8.66. The number of hydrogen-bond donors (Lipinski definition) is 1. The number of nitrogens with one attached hydrogen (secondary N) is 1. The lowest BCUT2D eigenvalue weighted by Gasteiger charge is -2.06. The van der Waals surface area contributed by atoms with Crippen LogP contribution in [-0.2, 0) is 0 Å². The second-order valence-corrected chi connectivity index (χ2v) is 7.35. The van der Waals surface area contributed by atoms with Crippen molar-refractivity contribution in [2.45, 2.75) is 39.0 Å². The highest BCUT2D eigenvalue weighted by molar-refractivity contribution is 6.29. The van der Waals surface area contributed by atoms with Crippen LogP contribution in [0.1, 0.15) is 44.6 Å². The van der Waals surface area contributed by atoms with Crippen LogP contribution in [0.2, 0.25) is 5.15 Å². The van der Waals surface area contributed by atoms with Crippen molar-refractivity contribution in [2.24, 2.45) is 5.10 Å². The van der Waals surface area contributed by atoms with Crippen LogP contribution in [0.4, 0.5) is 5.82 Å². The van der Waals surface area contributed by atoms with Crippen molar-refractivity contribution in [1.29, 1.82) is 0 Å². The molecule has 0 atom stereocenters. The predicted molar refractivity (Wildman–Crippen MR) is 124 cm³/mol. The highest BCUT2D eigenvalue weighted by Crippen LogP contribution is 2.20. The first-order chi connectivity index (χ1) is 14.7. The molecule has 30 heavy (non-hydrogen) atoms. The number of anilines is 1. The second kappa shape index (κ2) is 11.9. The zero-order valence-corrected chi connectivity index (χ0v) is 18.0. The van der Waals surface area contributed by atoms with Crippen LogP contribution in [-0.4, -0.2) is 22.8 Å². The van der Waals surface area contributed by atoms with Gasteiger partial charge in [-0.1, -0.05) is 74.5 Å². The van der Waals surface area contributed by atoms with Crippen LogP contribution in [0, 0.1) is 0 Å². The molecule has 0 saturated heterocycles. The molecule has 1 aromatic heterocycles. The van der Waals surface area contributed by atoms with Crippen molar-refractivity contribution in [3.63, 3.8) is 0 Å². The summed E-state index contributed by atoms with van der Waals surface area (Å²) in [6.45, 7) is 2.98. The number of benzene rings is 2. The van der Waals surface area contributed by atoms with Crippen LogP contribution < -0.4 is 10.2 Å². The average molecular weight is 423 g/mol. The number of ether oxygens (including phenoxy) is 1. The van der Waals surface area contributed by atoms with Crippen LogP contribution >= 0.6 is 11.6 Å². The van der Waals surface area contributed by atoms with Gasteiger partial charge in [-0.2, -0.15) is 5.10 Å². The maximum atomic E-state index is 6.13. The van der Waals surface area contributed by atoms with Crippen molar-refractivity contribution in [3.8, 4) is 17.1 Å². The quantitative estimate of drug-likeness (QED) is 0.164. The first-order valence-electron chi connectivity index (χ1n) is 10.4. The topological polar surface area (TPSA) is 59.4 Å². The van der Waals surface area contributed by atoms with E-state index in [9.17, 15) is 0 Å². The van der Waals surface area contributed by atoms with Crippen LogP contribution in [0.25, 0.3) is 11.4 Å². The van der Waals surface area contributed by atoms with E-state index in [4.69, 9.17) is 16.3 Å². The zero-order chi connectivity index (χ0) is 21.0. The number of hydrazone groups is 1. The van der Waals surface area contributed by atoms with E-state index in [1.165, 1.54) is 25.7 Å². The maximum absolute atomic E-state index is 6.13.